The second-order valence-corrected chi connectivity index (χ2v) is 10.3. The lowest BCUT2D eigenvalue weighted by atomic mass is 9.99. The Morgan fingerprint density at radius 2 is 0.909 bits per heavy atom. The molecule has 0 fully saturated rings. The van der Waals surface area contributed by atoms with E-state index in [9.17, 15) is 6.85 Å². The normalized spacial score (nSPS) is 15.8. The number of nitrogens with zero attached hydrogens (tertiary/aromatic N) is 2. The smallest absolute Gasteiger partial charge is 0.0652 e. The van der Waals surface area contributed by atoms with Crippen LogP contribution in [0.4, 0.5) is 0 Å². The van der Waals surface area contributed by atoms with Gasteiger partial charge in [-0.1, -0.05) is 115 Å². The lowest BCUT2D eigenvalue weighted by Crippen LogP contribution is -1.96. The van der Waals surface area contributed by atoms with Crippen molar-refractivity contribution in [2.24, 2.45) is 0 Å². The van der Waals surface area contributed by atoms with Crippen molar-refractivity contribution in [3.8, 4) is 33.6 Å². The van der Waals surface area contributed by atoms with Crippen LogP contribution in [-0.4, -0.2) is 9.13 Å². The van der Waals surface area contributed by atoms with Gasteiger partial charge in [0.2, 0.25) is 0 Å². The van der Waals surface area contributed by atoms with Gasteiger partial charge in [-0.05, 0) is 76.7 Å². The van der Waals surface area contributed by atoms with Gasteiger partial charge < -0.3 is 9.13 Å². The predicted molar refractivity (Wildman–Crippen MR) is 186 cm³/mol. The molecule has 2 nitrogen and oxygen atoms in total. The standard InChI is InChI=1S/C42H28N2/c1-2-12-29(13-3-1)30-14-10-15-31(26-30)32-16-11-17-33(27-32)43-41-23-9-6-20-37(41)38-28-34(24-25-42(38)43)44-39-21-7-4-18-35(39)36-19-5-8-22-40(36)44/h1-28H/i6D,9D,14D,15D,16D,17D,20D,23D,24D,25D,26D,27D,28D. The van der Waals surface area contributed by atoms with Crippen LogP contribution in [0.3, 0.4) is 0 Å². The fourth-order valence-corrected chi connectivity index (χ4v) is 5.90. The van der Waals surface area contributed by atoms with Crippen LogP contribution in [0.2, 0.25) is 0 Å². The van der Waals surface area contributed by atoms with Gasteiger partial charge in [-0.2, -0.15) is 0 Å². The number of rotatable bonds is 4. The number of hydrogen-bond acceptors (Lipinski definition) is 0. The summed E-state index contributed by atoms with van der Waals surface area (Å²) in [6.07, 6.45) is 0. The van der Waals surface area contributed by atoms with Crippen molar-refractivity contribution in [3.05, 3.63) is 170 Å². The number of hydrogen-bond donors (Lipinski definition) is 0. The molecule has 0 N–H and O–H groups in total. The van der Waals surface area contributed by atoms with Crippen molar-refractivity contribution < 1.29 is 17.8 Å². The topological polar surface area (TPSA) is 9.86 Å². The highest BCUT2D eigenvalue weighted by molar-refractivity contribution is 6.12. The third-order valence-corrected chi connectivity index (χ3v) is 7.84. The first kappa shape index (κ1) is 15.0. The molecule has 7 aromatic carbocycles. The van der Waals surface area contributed by atoms with E-state index in [0.29, 0.717) is 16.6 Å². The minimum Gasteiger partial charge on any atom is -0.309 e. The van der Waals surface area contributed by atoms with Gasteiger partial charge in [-0.15, -0.1) is 0 Å². The molecule has 0 saturated carbocycles. The molecule has 0 aliphatic carbocycles. The average molecular weight is 574 g/mol. The van der Waals surface area contributed by atoms with Crippen molar-refractivity contribution in [2.75, 3.05) is 0 Å². The quantitative estimate of drug-likeness (QED) is 0.198. The van der Waals surface area contributed by atoms with Gasteiger partial charge in [-0.3, -0.25) is 0 Å². The summed E-state index contributed by atoms with van der Waals surface area (Å²) < 4.78 is 122. The molecule has 0 aliphatic heterocycles. The predicted octanol–water partition coefficient (Wildman–Crippen LogP) is 11.2. The van der Waals surface area contributed by atoms with Crippen LogP contribution in [0.25, 0.3) is 77.2 Å². The molecule has 9 aromatic rings. The van der Waals surface area contributed by atoms with Crippen LogP contribution in [0.1, 0.15) is 17.8 Å². The Bertz CT molecular complexity index is 3170. The summed E-state index contributed by atoms with van der Waals surface area (Å²) in [4.78, 5) is 0. The van der Waals surface area contributed by atoms with E-state index in [1.165, 1.54) is 6.07 Å². The molecule has 0 unspecified atom stereocenters. The Morgan fingerprint density at radius 3 is 1.68 bits per heavy atom. The SMILES string of the molecule is [2H]c1cc([2H])c(-c2c([2H])cc([2H])c(-n3c4c([2H])c([2H])c([2H])c([2H])c4c4c([2H])c(-n5c6ccccc6c6ccccc65)c([2H])c([2H])c43)c2[2H])c([2H])c1-c1ccccc1. The van der Waals surface area contributed by atoms with Crippen LogP contribution < -0.4 is 0 Å². The third-order valence-electron chi connectivity index (χ3n) is 7.84. The molecule has 0 aliphatic rings. The van der Waals surface area contributed by atoms with Gasteiger partial charge in [0, 0.05) is 32.9 Å². The third kappa shape index (κ3) is 3.82. The maximum atomic E-state index is 9.77. The summed E-state index contributed by atoms with van der Waals surface area (Å²) in [5.74, 6) is 0. The minimum atomic E-state index is -0.640. The van der Waals surface area contributed by atoms with Gasteiger partial charge in [0.25, 0.3) is 0 Å². The molecule has 0 spiro atoms. The first-order valence-electron chi connectivity index (χ1n) is 20.6. The van der Waals surface area contributed by atoms with E-state index in [2.05, 4.69) is 0 Å². The summed E-state index contributed by atoms with van der Waals surface area (Å²) in [5.41, 5.74) is 0.757. The van der Waals surface area contributed by atoms with E-state index in [0.717, 1.165) is 21.4 Å². The van der Waals surface area contributed by atoms with Gasteiger partial charge in [-0.25, -0.2) is 0 Å². The first-order chi connectivity index (χ1) is 27.3. The summed E-state index contributed by atoms with van der Waals surface area (Å²) in [6.45, 7) is 0. The van der Waals surface area contributed by atoms with E-state index in [4.69, 9.17) is 11.0 Å². The molecular weight excluding hydrogens is 532 g/mol. The van der Waals surface area contributed by atoms with E-state index in [-0.39, 0.29) is 80.1 Å². The van der Waals surface area contributed by atoms with Gasteiger partial charge in [0.1, 0.15) is 0 Å². The van der Waals surface area contributed by atoms with Crippen molar-refractivity contribution >= 4 is 43.6 Å². The number of para-hydroxylation sites is 3. The Balaban J connectivity index is 1.46. The van der Waals surface area contributed by atoms with Crippen LogP contribution >= 0.6 is 0 Å². The van der Waals surface area contributed by atoms with Gasteiger partial charge >= 0.3 is 0 Å². The molecule has 0 atom stereocenters. The van der Waals surface area contributed by atoms with Crippen molar-refractivity contribution in [2.45, 2.75) is 0 Å². The number of fused-ring (bicyclic) bond motifs is 6. The van der Waals surface area contributed by atoms with E-state index >= 15 is 0 Å². The summed E-state index contributed by atoms with van der Waals surface area (Å²) in [7, 11) is 0. The molecule has 2 aromatic heterocycles. The highest BCUT2D eigenvalue weighted by Gasteiger charge is 2.16. The van der Waals surface area contributed by atoms with E-state index < -0.39 is 48.3 Å². The maximum Gasteiger partial charge on any atom is 0.0652 e. The molecule has 2 heterocycles. The fourth-order valence-electron chi connectivity index (χ4n) is 5.90. The van der Waals surface area contributed by atoms with Crippen molar-refractivity contribution in [3.63, 3.8) is 0 Å². The lowest BCUT2D eigenvalue weighted by molar-refractivity contribution is 1.17. The highest BCUT2D eigenvalue weighted by Crippen LogP contribution is 2.37. The van der Waals surface area contributed by atoms with Gasteiger partial charge in [0.05, 0.1) is 39.9 Å². The summed E-state index contributed by atoms with van der Waals surface area (Å²) >= 11 is 0. The molecular formula is C42H28N2. The zero-order chi connectivity index (χ0) is 40.3. The zero-order valence-corrected chi connectivity index (χ0v) is 23.1. The second kappa shape index (κ2) is 9.86. The summed E-state index contributed by atoms with van der Waals surface area (Å²) in [6, 6.07) is 20.2. The van der Waals surface area contributed by atoms with E-state index in [1.54, 1.807) is 34.9 Å². The average Bonchev–Trinajstić information content (AvgIpc) is 3.71. The van der Waals surface area contributed by atoms with Crippen molar-refractivity contribution in [1.29, 1.82) is 0 Å². The van der Waals surface area contributed by atoms with Crippen molar-refractivity contribution in [1.82, 2.24) is 9.13 Å². The lowest BCUT2D eigenvalue weighted by Gasteiger charge is -2.12. The Morgan fingerprint density at radius 1 is 0.341 bits per heavy atom. The van der Waals surface area contributed by atoms with Crippen LogP contribution in [0, 0.1) is 0 Å². The molecule has 206 valence electrons. The molecule has 2 heteroatoms. The maximum absolute atomic E-state index is 9.77. The van der Waals surface area contributed by atoms with Crippen LogP contribution in [-0.2, 0) is 0 Å². The fraction of sp³-hybridized carbons (Fsp3) is 0. The largest absolute Gasteiger partial charge is 0.309 e. The van der Waals surface area contributed by atoms with E-state index in [1.807, 2.05) is 48.5 Å². The first-order valence-corrected chi connectivity index (χ1v) is 14.1. The minimum absolute atomic E-state index is 0.00243. The number of aromatic nitrogens is 2. The molecule has 44 heavy (non-hydrogen) atoms. The molecule has 9 rings (SSSR count). The Kier molecular flexibility index (Phi) is 3.37. The zero-order valence-electron chi connectivity index (χ0n) is 36.1. The molecule has 0 saturated heterocycles. The molecule has 0 bridgehead atoms. The Hall–Kier alpha value is -5.86. The molecule has 0 radical (unpaired) electrons. The number of benzene rings is 7. The Labute approximate surface area is 273 Å². The monoisotopic (exact) mass is 573 g/mol. The van der Waals surface area contributed by atoms with Crippen LogP contribution in [0.5, 0.6) is 0 Å². The van der Waals surface area contributed by atoms with Crippen LogP contribution in [0.15, 0.2) is 170 Å². The summed E-state index contributed by atoms with van der Waals surface area (Å²) in [5, 5.41) is 1.41. The van der Waals surface area contributed by atoms with Gasteiger partial charge in [0.15, 0.2) is 0 Å². The molecule has 0 amide bonds. The second-order valence-electron chi connectivity index (χ2n) is 10.3. The highest BCUT2D eigenvalue weighted by atomic mass is 15.0.